The fourth-order valence-corrected chi connectivity index (χ4v) is 4.46. The van der Waals surface area contributed by atoms with Crippen LogP contribution < -0.4 is 4.74 Å². The van der Waals surface area contributed by atoms with Crippen molar-refractivity contribution in [3.63, 3.8) is 0 Å². The van der Waals surface area contributed by atoms with Crippen molar-refractivity contribution in [2.75, 3.05) is 7.11 Å². The first kappa shape index (κ1) is 20.9. The summed E-state index contributed by atoms with van der Waals surface area (Å²) in [6.45, 7) is 0. The van der Waals surface area contributed by atoms with E-state index in [1.54, 1.807) is 7.11 Å². The number of hydrogen-bond donors (Lipinski definition) is 0. The third-order valence-electron chi connectivity index (χ3n) is 6.23. The number of nitrogens with zero attached hydrogens (tertiary/aromatic N) is 3. The maximum absolute atomic E-state index is 5.68. The predicted molar refractivity (Wildman–Crippen MR) is 142 cm³/mol. The molecule has 6 rings (SSSR count). The SMILES string of the molecule is COc1nc2c(-c3ccc(-c4ccccc4)cc3)ccnc2n1-c1ccc(-c2ccccc2)cc1. The predicted octanol–water partition coefficient (Wildman–Crippen LogP) is 7.43. The van der Waals surface area contributed by atoms with Gasteiger partial charge in [-0.3, -0.25) is 0 Å². The van der Waals surface area contributed by atoms with Crippen LogP contribution in [0.2, 0.25) is 0 Å². The molecule has 168 valence electrons. The number of benzene rings is 4. The number of methoxy groups -OCH3 is 1. The van der Waals surface area contributed by atoms with Crippen LogP contribution in [0.5, 0.6) is 6.01 Å². The quantitative estimate of drug-likeness (QED) is 0.272. The van der Waals surface area contributed by atoms with Gasteiger partial charge in [0.05, 0.1) is 12.8 Å². The first-order chi connectivity index (χ1) is 17.3. The van der Waals surface area contributed by atoms with E-state index in [4.69, 9.17) is 9.72 Å². The number of ether oxygens (including phenoxy) is 1. The van der Waals surface area contributed by atoms with Gasteiger partial charge in [0.25, 0.3) is 0 Å². The molecular formula is C31H23N3O. The standard InChI is InChI=1S/C31H23N3O/c1-35-31-33-29-28(26-14-12-24(13-15-26)22-8-4-2-5-9-22)20-21-32-30(29)34(31)27-18-16-25(17-19-27)23-10-6-3-7-11-23/h2-21H,1H3. The summed E-state index contributed by atoms with van der Waals surface area (Å²) in [6, 6.07) is 40.2. The largest absolute Gasteiger partial charge is 0.468 e. The van der Waals surface area contributed by atoms with Crippen molar-refractivity contribution >= 4 is 11.2 Å². The van der Waals surface area contributed by atoms with E-state index >= 15 is 0 Å². The number of aromatic nitrogens is 3. The molecule has 0 fully saturated rings. The van der Waals surface area contributed by atoms with Crippen molar-refractivity contribution < 1.29 is 4.74 Å². The molecule has 0 aliphatic carbocycles. The van der Waals surface area contributed by atoms with Gasteiger partial charge in [0.1, 0.15) is 5.52 Å². The second kappa shape index (κ2) is 8.92. The van der Waals surface area contributed by atoms with E-state index in [9.17, 15) is 0 Å². The van der Waals surface area contributed by atoms with Gasteiger partial charge in [0.2, 0.25) is 0 Å². The fourth-order valence-electron chi connectivity index (χ4n) is 4.46. The maximum Gasteiger partial charge on any atom is 0.303 e. The number of pyridine rings is 1. The minimum Gasteiger partial charge on any atom is -0.468 e. The van der Waals surface area contributed by atoms with Crippen LogP contribution in [0.25, 0.3) is 50.2 Å². The first-order valence-corrected chi connectivity index (χ1v) is 11.5. The van der Waals surface area contributed by atoms with Crippen molar-refractivity contribution in [1.82, 2.24) is 14.5 Å². The van der Waals surface area contributed by atoms with E-state index in [0.717, 1.165) is 33.5 Å². The van der Waals surface area contributed by atoms with E-state index in [0.29, 0.717) is 6.01 Å². The van der Waals surface area contributed by atoms with Crippen LogP contribution in [-0.2, 0) is 0 Å². The van der Waals surface area contributed by atoms with Gasteiger partial charge >= 0.3 is 6.01 Å². The lowest BCUT2D eigenvalue weighted by atomic mass is 10.0. The molecule has 2 heterocycles. The smallest absolute Gasteiger partial charge is 0.303 e. The summed E-state index contributed by atoms with van der Waals surface area (Å²) < 4.78 is 7.64. The van der Waals surface area contributed by atoms with Crippen molar-refractivity contribution in [1.29, 1.82) is 0 Å². The van der Waals surface area contributed by atoms with Gasteiger partial charge in [0.15, 0.2) is 5.65 Å². The van der Waals surface area contributed by atoms with E-state index in [1.165, 1.54) is 16.7 Å². The number of rotatable bonds is 5. The first-order valence-electron chi connectivity index (χ1n) is 11.5. The van der Waals surface area contributed by atoms with Crippen molar-refractivity contribution in [2.45, 2.75) is 0 Å². The number of imidazole rings is 1. The van der Waals surface area contributed by atoms with E-state index < -0.39 is 0 Å². The minimum atomic E-state index is 0.508. The van der Waals surface area contributed by atoms with Gasteiger partial charge in [-0.2, -0.15) is 4.98 Å². The summed E-state index contributed by atoms with van der Waals surface area (Å²) in [6.07, 6.45) is 1.83. The molecule has 0 bridgehead atoms. The highest BCUT2D eigenvalue weighted by atomic mass is 16.5. The minimum absolute atomic E-state index is 0.508. The molecule has 0 aliphatic rings. The Balaban J connectivity index is 1.42. The molecule has 0 radical (unpaired) electrons. The maximum atomic E-state index is 5.68. The molecule has 4 heteroatoms. The fraction of sp³-hybridized carbons (Fsp3) is 0.0323. The van der Waals surface area contributed by atoms with E-state index in [2.05, 4.69) is 89.9 Å². The molecule has 0 amide bonds. The topological polar surface area (TPSA) is 39.9 Å². The Labute approximate surface area is 204 Å². The second-order valence-corrected chi connectivity index (χ2v) is 8.32. The molecule has 0 N–H and O–H groups in total. The Morgan fingerprint density at radius 1 is 0.571 bits per heavy atom. The van der Waals surface area contributed by atoms with Crippen LogP contribution in [-0.4, -0.2) is 21.6 Å². The Morgan fingerprint density at radius 2 is 1.09 bits per heavy atom. The van der Waals surface area contributed by atoms with Crippen molar-refractivity contribution in [3.05, 3.63) is 121 Å². The van der Waals surface area contributed by atoms with Crippen LogP contribution in [0.4, 0.5) is 0 Å². The highest BCUT2D eigenvalue weighted by molar-refractivity contribution is 5.92. The zero-order valence-corrected chi connectivity index (χ0v) is 19.3. The van der Waals surface area contributed by atoms with E-state index in [1.807, 2.05) is 41.1 Å². The Morgan fingerprint density at radius 3 is 1.66 bits per heavy atom. The van der Waals surface area contributed by atoms with Crippen LogP contribution in [0.3, 0.4) is 0 Å². The van der Waals surface area contributed by atoms with Gasteiger partial charge < -0.3 is 4.74 Å². The normalized spacial score (nSPS) is 11.0. The summed E-state index contributed by atoms with van der Waals surface area (Å²) in [7, 11) is 1.64. The molecule has 4 nitrogen and oxygen atoms in total. The van der Waals surface area contributed by atoms with Gasteiger partial charge in [-0.15, -0.1) is 0 Å². The summed E-state index contributed by atoms with van der Waals surface area (Å²) >= 11 is 0. The van der Waals surface area contributed by atoms with Gasteiger partial charge in [-0.25, -0.2) is 9.55 Å². The molecule has 0 atom stereocenters. The number of fused-ring (bicyclic) bond motifs is 1. The average molecular weight is 454 g/mol. The Bertz CT molecular complexity index is 1590. The van der Waals surface area contributed by atoms with E-state index in [-0.39, 0.29) is 0 Å². The lowest BCUT2D eigenvalue weighted by Crippen LogP contribution is -1.99. The summed E-state index contributed by atoms with van der Waals surface area (Å²) in [5.41, 5.74) is 9.35. The van der Waals surface area contributed by atoms with Crippen LogP contribution in [0.15, 0.2) is 121 Å². The monoisotopic (exact) mass is 453 g/mol. The molecule has 0 unspecified atom stereocenters. The summed E-state index contributed by atoms with van der Waals surface area (Å²) in [5.74, 6) is 0. The highest BCUT2D eigenvalue weighted by Crippen LogP contribution is 2.33. The molecule has 0 spiro atoms. The van der Waals surface area contributed by atoms with Gasteiger partial charge in [-0.1, -0.05) is 97.1 Å². The molecular weight excluding hydrogens is 430 g/mol. The molecule has 4 aromatic carbocycles. The zero-order chi connectivity index (χ0) is 23.6. The Kier molecular flexibility index (Phi) is 5.32. The second-order valence-electron chi connectivity index (χ2n) is 8.32. The molecule has 0 aliphatic heterocycles. The summed E-state index contributed by atoms with van der Waals surface area (Å²) in [4.78, 5) is 9.50. The lowest BCUT2D eigenvalue weighted by Gasteiger charge is -2.09. The zero-order valence-electron chi connectivity index (χ0n) is 19.3. The third-order valence-corrected chi connectivity index (χ3v) is 6.23. The molecule has 2 aromatic heterocycles. The van der Waals surface area contributed by atoms with Crippen molar-refractivity contribution in [3.8, 4) is 45.1 Å². The summed E-state index contributed by atoms with van der Waals surface area (Å²) in [5, 5.41) is 0. The van der Waals surface area contributed by atoms with Crippen LogP contribution in [0.1, 0.15) is 0 Å². The average Bonchev–Trinajstić information content (AvgIpc) is 3.33. The Hall–Kier alpha value is -4.70. The van der Waals surface area contributed by atoms with Crippen LogP contribution >= 0.6 is 0 Å². The van der Waals surface area contributed by atoms with Gasteiger partial charge in [0, 0.05) is 11.8 Å². The molecule has 6 aromatic rings. The molecule has 35 heavy (non-hydrogen) atoms. The number of hydrogen-bond acceptors (Lipinski definition) is 3. The van der Waals surface area contributed by atoms with Gasteiger partial charge in [-0.05, 0) is 46.0 Å². The molecule has 0 saturated heterocycles. The third kappa shape index (κ3) is 3.85. The molecule has 0 saturated carbocycles. The van der Waals surface area contributed by atoms with Crippen molar-refractivity contribution in [2.24, 2.45) is 0 Å². The lowest BCUT2D eigenvalue weighted by molar-refractivity contribution is 0.375. The highest BCUT2D eigenvalue weighted by Gasteiger charge is 2.18. The van der Waals surface area contributed by atoms with Crippen LogP contribution in [0, 0.1) is 0 Å².